The number of nitrogens with zero attached hydrogens (tertiary/aromatic N) is 6. The van der Waals surface area contributed by atoms with E-state index in [1.165, 1.54) is 11.1 Å². The summed E-state index contributed by atoms with van der Waals surface area (Å²) in [5, 5.41) is 3.22. The SMILES string of the molecule is CNCCCCOc1cc(CN(Cc2ccccn2)Cc2ccccn2)cc(CN(Cc2ccccn2)Cc2ccccn2)c1. The highest BCUT2D eigenvalue weighted by molar-refractivity contribution is 5.35. The Kier molecular flexibility index (Phi) is 12.6. The summed E-state index contributed by atoms with van der Waals surface area (Å²) in [4.78, 5) is 23.2. The first-order valence-corrected chi connectivity index (χ1v) is 15.7. The first-order valence-electron chi connectivity index (χ1n) is 15.7. The predicted molar refractivity (Wildman–Crippen MR) is 178 cm³/mol. The van der Waals surface area contributed by atoms with Crippen molar-refractivity contribution in [1.29, 1.82) is 0 Å². The van der Waals surface area contributed by atoms with Crippen LogP contribution in [0.2, 0.25) is 0 Å². The Morgan fingerprint density at radius 1 is 0.533 bits per heavy atom. The van der Waals surface area contributed by atoms with Gasteiger partial charge in [0.05, 0.1) is 29.4 Å². The first kappa shape index (κ1) is 31.9. The summed E-state index contributed by atoms with van der Waals surface area (Å²) in [6.07, 6.45) is 9.49. The Balaban J connectivity index is 1.40. The molecule has 0 radical (unpaired) electrons. The van der Waals surface area contributed by atoms with Crippen LogP contribution in [0.4, 0.5) is 0 Å². The lowest BCUT2D eigenvalue weighted by atomic mass is 10.1. The molecule has 5 rings (SSSR count). The van der Waals surface area contributed by atoms with Crippen molar-refractivity contribution in [2.75, 3.05) is 20.2 Å². The Hall–Kier alpha value is -4.50. The van der Waals surface area contributed by atoms with E-state index in [2.05, 4.69) is 77.5 Å². The molecule has 8 nitrogen and oxygen atoms in total. The summed E-state index contributed by atoms with van der Waals surface area (Å²) in [6, 6.07) is 31.0. The lowest BCUT2D eigenvalue weighted by molar-refractivity contribution is 0.236. The minimum Gasteiger partial charge on any atom is -0.494 e. The topological polar surface area (TPSA) is 79.3 Å². The van der Waals surface area contributed by atoms with E-state index in [9.17, 15) is 0 Å². The van der Waals surface area contributed by atoms with Crippen LogP contribution in [0, 0.1) is 0 Å². The average molecular weight is 602 g/mol. The van der Waals surface area contributed by atoms with Gasteiger partial charge in [0.25, 0.3) is 0 Å². The molecule has 4 heterocycles. The van der Waals surface area contributed by atoms with E-state index in [-0.39, 0.29) is 0 Å². The van der Waals surface area contributed by atoms with Gasteiger partial charge in [-0.2, -0.15) is 0 Å². The third-order valence-corrected chi connectivity index (χ3v) is 7.38. The summed E-state index contributed by atoms with van der Waals surface area (Å²) < 4.78 is 6.36. The fraction of sp³-hybridized carbons (Fsp3) is 0.297. The van der Waals surface area contributed by atoms with Crippen LogP contribution in [-0.2, 0) is 39.3 Å². The zero-order chi connectivity index (χ0) is 30.9. The van der Waals surface area contributed by atoms with E-state index in [0.717, 1.165) is 61.0 Å². The summed E-state index contributed by atoms with van der Waals surface area (Å²) in [7, 11) is 1.99. The molecule has 4 aromatic heterocycles. The second kappa shape index (κ2) is 17.7. The molecule has 0 saturated heterocycles. The van der Waals surface area contributed by atoms with Gasteiger partial charge in [-0.1, -0.05) is 30.3 Å². The van der Waals surface area contributed by atoms with Crippen molar-refractivity contribution < 1.29 is 4.74 Å². The largest absolute Gasteiger partial charge is 0.494 e. The van der Waals surface area contributed by atoms with Gasteiger partial charge in [-0.15, -0.1) is 0 Å². The van der Waals surface area contributed by atoms with Gasteiger partial charge in [0.1, 0.15) is 5.75 Å². The van der Waals surface area contributed by atoms with Gasteiger partial charge in [0, 0.05) is 64.1 Å². The van der Waals surface area contributed by atoms with E-state index in [0.29, 0.717) is 32.8 Å². The molecular formula is C37H43N7O. The Morgan fingerprint density at radius 3 is 1.31 bits per heavy atom. The van der Waals surface area contributed by atoms with Gasteiger partial charge in [-0.05, 0) is 98.2 Å². The second-order valence-electron chi connectivity index (χ2n) is 11.2. The van der Waals surface area contributed by atoms with Gasteiger partial charge in [0.2, 0.25) is 0 Å². The molecular weight excluding hydrogens is 558 g/mol. The van der Waals surface area contributed by atoms with E-state index in [1.807, 2.05) is 80.4 Å². The maximum Gasteiger partial charge on any atom is 0.119 e. The number of aromatic nitrogens is 4. The quantitative estimate of drug-likeness (QED) is 0.122. The van der Waals surface area contributed by atoms with Gasteiger partial charge in [-0.3, -0.25) is 29.7 Å². The number of pyridine rings is 4. The Labute approximate surface area is 267 Å². The first-order chi connectivity index (χ1) is 22.2. The number of hydrogen-bond donors (Lipinski definition) is 1. The van der Waals surface area contributed by atoms with E-state index in [4.69, 9.17) is 4.74 Å². The van der Waals surface area contributed by atoms with Gasteiger partial charge >= 0.3 is 0 Å². The lowest BCUT2D eigenvalue weighted by Crippen LogP contribution is -2.25. The number of benzene rings is 1. The number of nitrogens with one attached hydrogen (secondary N) is 1. The van der Waals surface area contributed by atoms with Crippen LogP contribution in [0.15, 0.2) is 116 Å². The zero-order valence-electron chi connectivity index (χ0n) is 26.1. The minimum atomic E-state index is 0.682. The fourth-order valence-electron chi connectivity index (χ4n) is 5.32. The number of hydrogen-bond acceptors (Lipinski definition) is 8. The summed E-state index contributed by atoms with van der Waals surface area (Å²) in [5.41, 5.74) is 6.51. The standard InChI is InChI=1S/C37H43N7O/c1-38-16-10-11-21-45-37-23-31(25-43(27-33-12-2-6-17-39-33)28-34-13-3-7-18-40-34)22-32(24-37)26-44(29-35-14-4-8-19-41-35)30-36-15-5-9-20-42-36/h2-9,12-15,17-20,22-24,38H,10-11,16,21,25-30H2,1H3. The third kappa shape index (κ3) is 11.2. The average Bonchev–Trinajstić information content (AvgIpc) is 3.06. The lowest BCUT2D eigenvalue weighted by Gasteiger charge is -2.25. The Morgan fingerprint density at radius 2 is 0.956 bits per heavy atom. The summed E-state index contributed by atoms with van der Waals surface area (Å²) in [6.45, 7) is 6.00. The molecule has 232 valence electrons. The van der Waals surface area contributed by atoms with Crippen LogP contribution in [0.1, 0.15) is 46.7 Å². The molecule has 0 atom stereocenters. The molecule has 1 aromatic carbocycles. The van der Waals surface area contributed by atoms with Crippen molar-refractivity contribution in [3.8, 4) is 5.75 Å². The van der Waals surface area contributed by atoms with Crippen molar-refractivity contribution in [2.45, 2.75) is 52.1 Å². The van der Waals surface area contributed by atoms with Gasteiger partial charge < -0.3 is 10.1 Å². The molecule has 0 aliphatic carbocycles. The van der Waals surface area contributed by atoms with Crippen molar-refractivity contribution in [3.05, 3.63) is 150 Å². The van der Waals surface area contributed by atoms with Crippen molar-refractivity contribution in [2.24, 2.45) is 0 Å². The van der Waals surface area contributed by atoms with Gasteiger partial charge in [-0.25, -0.2) is 0 Å². The van der Waals surface area contributed by atoms with Crippen molar-refractivity contribution in [1.82, 2.24) is 35.1 Å². The Bertz CT molecular complexity index is 1330. The molecule has 0 bridgehead atoms. The van der Waals surface area contributed by atoms with Crippen LogP contribution < -0.4 is 10.1 Å². The van der Waals surface area contributed by atoms with E-state index in [1.54, 1.807) is 0 Å². The highest BCUT2D eigenvalue weighted by Gasteiger charge is 2.15. The normalized spacial score (nSPS) is 11.3. The minimum absolute atomic E-state index is 0.682. The predicted octanol–water partition coefficient (Wildman–Crippen LogP) is 6.05. The molecule has 0 spiro atoms. The van der Waals surface area contributed by atoms with Gasteiger partial charge in [0.15, 0.2) is 0 Å². The highest BCUT2D eigenvalue weighted by atomic mass is 16.5. The number of unbranched alkanes of at least 4 members (excludes halogenated alkanes) is 1. The molecule has 0 amide bonds. The second-order valence-corrected chi connectivity index (χ2v) is 11.2. The van der Waals surface area contributed by atoms with Crippen LogP contribution >= 0.6 is 0 Å². The molecule has 5 aromatic rings. The van der Waals surface area contributed by atoms with Crippen molar-refractivity contribution in [3.63, 3.8) is 0 Å². The summed E-state index contributed by atoms with van der Waals surface area (Å²) in [5.74, 6) is 0.901. The zero-order valence-corrected chi connectivity index (χ0v) is 26.1. The van der Waals surface area contributed by atoms with Crippen LogP contribution in [0.3, 0.4) is 0 Å². The summed E-state index contributed by atoms with van der Waals surface area (Å²) >= 11 is 0. The molecule has 0 aliphatic rings. The maximum atomic E-state index is 6.36. The molecule has 0 fully saturated rings. The number of ether oxygens (including phenoxy) is 1. The fourth-order valence-corrected chi connectivity index (χ4v) is 5.32. The maximum absolute atomic E-state index is 6.36. The van der Waals surface area contributed by atoms with Crippen LogP contribution in [0.25, 0.3) is 0 Å². The highest BCUT2D eigenvalue weighted by Crippen LogP contribution is 2.23. The smallest absolute Gasteiger partial charge is 0.119 e. The number of rotatable bonds is 18. The molecule has 45 heavy (non-hydrogen) atoms. The van der Waals surface area contributed by atoms with Crippen molar-refractivity contribution >= 4 is 0 Å². The molecule has 0 aliphatic heterocycles. The third-order valence-electron chi connectivity index (χ3n) is 7.38. The molecule has 0 saturated carbocycles. The monoisotopic (exact) mass is 601 g/mol. The molecule has 0 unspecified atom stereocenters. The molecule has 8 heteroatoms. The molecule has 1 N–H and O–H groups in total. The van der Waals surface area contributed by atoms with E-state index >= 15 is 0 Å². The van der Waals surface area contributed by atoms with Crippen LogP contribution in [0.5, 0.6) is 5.75 Å². The van der Waals surface area contributed by atoms with Crippen LogP contribution in [-0.4, -0.2) is 49.9 Å². The van der Waals surface area contributed by atoms with E-state index < -0.39 is 0 Å².